The third kappa shape index (κ3) is 2.52. The Hall–Kier alpha value is -0.550. The molecule has 0 spiro atoms. The molecule has 1 aromatic carbocycles. The van der Waals surface area contributed by atoms with Gasteiger partial charge in [-0.2, -0.15) is 13.2 Å². The van der Waals surface area contributed by atoms with E-state index in [1.165, 1.54) is 6.07 Å². The molecule has 15 heavy (non-hydrogen) atoms. The summed E-state index contributed by atoms with van der Waals surface area (Å²) in [6.45, 7) is 3.44. The van der Waals surface area contributed by atoms with Crippen molar-refractivity contribution < 1.29 is 13.2 Å². The van der Waals surface area contributed by atoms with Crippen LogP contribution in [0, 0.1) is 13.8 Å². The summed E-state index contributed by atoms with van der Waals surface area (Å²) in [4.78, 5) is 0. The van der Waals surface area contributed by atoms with Gasteiger partial charge in [-0.05, 0) is 30.5 Å². The van der Waals surface area contributed by atoms with Crippen LogP contribution in [0.1, 0.15) is 22.7 Å². The van der Waals surface area contributed by atoms with Crippen molar-refractivity contribution in [2.45, 2.75) is 26.1 Å². The van der Waals surface area contributed by atoms with E-state index in [4.69, 9.17) is 5.73 Å². The van der Waals surface area contributed by atoms with Crippen LogP contribution in [-0.2, 0) is 0 Å². The Morgan fingerprint density at radius 2 is 1.80 bits per heavy atom. The van der Waals surface area contributed by atoms with Gasteiger partial charge in [0.25, 0.3) is 0 Å². The summed E-state index contributed by atoms with van der Waals surface area (Å²) in [7, 11) is 0. The fraction of sp³-hybridized carbons (Fsp3) is 0.400. The Morgan fingerprint density at radius 3 is 2.27 bits per heavy atom. The first-order chi connectivity index (χ1) is 6.75. The number of nitrogens with two attached hydrogens (primary N) is 1. The van der Waals surface area contributed by atoms with Gasteiger partial charge in [0.15, 0.2) is 0 Å². The second kappa shape index (κ2) is 4.14. The first-order valence-electron chi connectivity index (χ1n) is 4.33. The third-order valence-corrected chi connectivity index (χ3v) is 3.53. The van der Waals surface area contributed by atoms with Crippen LogP contribution in [0.25, 0.3) is 0 Å². The first kappa shape index (κ1) is 12.5. The molecule has 0 aromatic heterocycles. The summed E-state index contributed by atoms with van der Waals surface area (Å²) in [6.07, 6.45) is -4.40. The summed E-state index contributed by atoms with van der Waals surface area (Å²) < 4.78 is 37.9. The van der Waals surface area contributed by atoms with Gasteiger partial charge in [0.05, 0.1) is 0 Å². The van der Waals surface area contributed by atoms with Gasteiger partial charge in [-0.3, -0.25) is 0 Å². The third-order valence-electron chi connectivity index (χ3n) is 2.31. The molecule has 0 aliphatic heterocycles. The van der Waals surface area contributed by atoms with E-state index in [1.807, 2.05) is 6.92 Å². The zero-order chi connectivity index (χ0) is 11.8. The van der Waals surface area contributed by atoms with Crippen LogP contribution in [0.3, 0.4) is 0 Å². The minimum atomic E-state index is -4.40. The number of rotatable bonds is 1. The minimum Gasteiger partial charge on any atom is -0.316 e. The lowest BCUT2D eigenvalue weighted by molar-refractivity contribution is -0.149. The van der Waals surface area contributed by atoms with Crippen molar-refractivity contribution in [1.82, 2.24) is 0 Å². The van der Waals surface area contributed by atoms with E-state index in [9.17, 15) is 13.2 Å². The molecule has 0 aliphatic rings. The molecule has 0 saturated carbocycles. The van der Waals surface area contributed by atoms with Crippen molar-refractivity contribution in [1.29, 1.82) is 0 Å². The van der Waals surface area contributed by atoms with Gasteiger partial charge in [0.2, 0.25) is 0 Å². The highest BCUT2D eigenvalue weighted by Crippen LogP contribution is 2.35. The SMILES string of the molecule is Cc1ccc(C(N)C(F)(F)F)c(C)c1Br. The molecule has 0 amide bonds. The highest BCUT2D eigenvalue weighted by atomic mass is 79.9. The van der Waals surface area contributed by atoms with Gasteiger partial charge < -0.3 is 5.73 Å². The number of benzene rings is 1. The zero-order valence-electron chi connectivity index (χ0n) is 8.32. The standard InChI is InChI=1S/C10H11BrF3N/c1-5-3-4-7(6(2)8(5)11)9(15)10(12,13)14/h3-4,9H,15H2,1-2H3. The van der Waals surface area contributed by atoms with Crippen molar-refractivity contribution in [2.75, 3.05) is 0 Å². The fourth-order valence-electron chi connectivity index (χ4n) is 1.35. The normalized spacial score (nSPS) is 14.1. The molecule has 1 rings (SSSR count). The first-order valence-corrected chi connectivity index (χ1v) is 5.12. The summed E-state index contributed by atoms with van der Waals surface area (Å²) in [5.74, 6) is 0. The lowest BCUT2D eigenvalue weighted by Crippen LogP contribution is -2.29. The summed E-state index contributed by atoms with van der Waals surface area (Å²) in [5.41, 5.74) is 6.69. The molecule has 1 aromatic rings. The van der Waals surface area contributed by atoms with Crippen molar-refractivity contribution >= 4 is 15.9 Å². The molecular weight excluding hydrogens is 271 g/mol. The number of aryl methyl sites for hydroxylation is 1. The van der Waals surface area contributed by atoms with E-state index < -0.39 is 12.2 Å². The van der Waals surface area contributed by atoms with Crippen molar-refractivity contribution in [3.05, 3.63) is 33.3 Å². The number of hydrogen-bond acceptors (Lipinski definition) is 1. The van der Waals surface area contributed by atoms with E-state index in [0.29, 0.717) is 10.0 Å². The van der Waals surface area contributed by atoms with Crippen molar-refractivity contribution in [3.8, 4) is 0 Å². The number of halogens is 4. The Labute approximate surface area is 94.6 Å². The molecule has 0 bridgehead atoms. The maximum atomic E-state index is 12.4. The van der Waals surface area contributed by atoms with E-state index in [1.54, 1.807) is 13.0 Å². The Balaban J connectivity index is 3.23. The molecule has 1 atom stereocenters. The Bertz CT molecular complexity index is 374. The lowest BCUT2D eigenvalue weighted by atomic mass is 9.99. The summed E-state index contributed by atoms with van der Waals surface area (Å²) in [6, 6.07) is 1.13. The predicted molar refractivity (Wildman–Crippen MR) is 56.6 cm³/mol. The smallest absolute Gasteiger partial charge is 0.316 e. The maximum Gasteiger partial charge on any atom is 0.407 e. The van der Waals surface area contributed by atoms with Crippen LogP contribution in [0.4, 0.5) is 13.2 Å². The highest BCUT2D eigenvalue weighted by molar-refractivity contribution is 9.10. The quantitative estimate of drug-likeness (QED) is 0.836. The molecule has 0 heterocycles. The maximum absolute atomic E-state index is 12.4. The van der Waals surface area contributed by atoms with E-state index >= 15 is 0 Å². The molecule has 0 fully saturated rings. The summed E-state index contributed by atoms with van der Waals surface area (Å²) >= 11 is 3.24. The molecule has 84 valence electrons. The van der Waals surface area contributed by atoms with Crippen LogP contribution >= 0.6 is 15.9 Å². The molecule has 2 N–H and O–H groups in total. The minimum absolute atomic E-state index is 0.111. The van der Waals surface area contributed by atoms with E-state index in [2.05, 4.69) is 15.9 Å². The molecule has 1 nitrogen and oxygen atoms in total. The second-order valence-electron chi connectivity index (χ2n) is 3.43. The molecule has 5 heteroatoms. The zero-order valence-corrected chi connectivity index (χ0v) is 9.91. The topological polar surface area (TPSA) is 26.0 Å². The van der Waals surface area contributed by atoms with Crippen LogP contribution < -0.4 is 5.73 Å². The lowest BCUT2D eigenvalue weighted by Gasteiger charge is -2.19. The predicted octanol–water partition coefficient (Wildman–Crippen LogP) is 3.63. The fourth-order valence-corrected chi connectivity index (χ4v) is 1.71. The second-order valence-corrected chi connectivity index (χ2v) is 4.22. The van der Waals surface area contributed by atoms with E-state index in [0.717, 1.165) is 5.56 Å². The Morgan fingerprint density at radius 1 is 1.27 bits per heavy atom. The monoisotopic (exact) mass is 281 g/mol. The van der Waals surface area contributed by atoms with Gasteiger partial charge in [0, 0.05) is 4.47 Å². The van der Waals surface area contributed by atoms with Crippen LogP contribution in [0.15, 0.2) is 16.6 Å². The van der Waals surface area contributed by atoms with Crippen LogP contribution in [0.5, 0.6) is 0 Å². The molecule has 1 unspecified atom stereocenters. The van der Waals surface area contributed by atoms with Gasteiger partial charge in [-0.1, -0.05) is 28.1 Å². The average Bonchev–Trinajstić information content (AvgIpc) is 2.12. The largest absolute Gasteiger partial charge is 0.407 e. The number of hydrogen-bond donors (Lipinski definition) is 1. The average molecular weight is 282 g/mol. The molecule has 0 aliphatic carbocycles. The van der Waals surface area contributed by atoms with Crippen molar-refractivity contribution in [2.24, 2.45) is 5.73 Å². The van der Waals surface area contributed by atoms with Gasteiger partial charge in [-0.15, -0.1) is 0 Å². The Kier molecular flexibility index (Phi) is 3.45. The van der Waals surface area contributed by atoms with Gasteiger partial charge >= 0.3 is 6.18 Å². The molecule has 0 radical (unpaired) electrons. The summed E-state index contributed by atoms with van der Waals surface area (Å²) in [5, 5.41) is 0. The number of alkyl halides is 3. The molecule has 0 saturated heterocycles. The van der Waals surface area contributed by atoms with Crippen LogP contribution in [0.2, 0.25) is 0 Å². The highest BCUT2D eigenvalue weighted by Gasteiger charge is 2.38. The van der Waals surface area contributed by atoms with Gasteiger partial charge in [0.1, 0.15) is 6.04 Å². The van der Waals surface area contributed by atoms with Crippen LogP contribution in [-0.4, -0.2) is 6.18 Å². The molecular formula is C10H11BrF3N. The van der Waals surface area contributed by atoms with Crippen molar-refractivity contribution in [3.63, 3.8) is 0 Å². The van der Waals surface area contributed by atoms with Gasteiger partial charge in [-0.25, -0.2) is 0 Å². The van der Waals surface area contributed by atoms with E-state index in [-0.39, 0.29) is 5.56 Å².